The average Bonchev–Trinajstić information content (AvgIpc) is 2.34. The monoisotopic (exact) mass is 167 g/mol. The Morgan fingerprint density at radius 2 is 2.25 bits per heavy atom. The van der Waals surface area contributed by atoms with Gasteiger partial charge in [-0.05, 0) is 26.0 Å². The number of carbonyl (C=O) groups excluding carboxylic acids is 1. The first-order valence-electron chi connectivity index (χ1n) is 3.93. The normalized spacial score (nSPS) is 12.6. The second-order valence-electron chi connectivity index (χ2n) is 2.87. The molecule has 0 spiro atoms. The molecule has 0 fully saturated rings. The SMILES string of the molecule is CC(=O)NC(C)c1ccc(C)o1. The molecule has 0 radical (unpaired) electrons. The quantitative estimate of drug-likeness (QED) is 0.729. The summed E-state index contributed by atoms with van der Waals surface area (Å²) >= 11 is 0. The molecule has 0 bridgehead atoms. The highest BCUT2D eigenvalue weighted by molar-refractivity contribution is 5.73. The maximum absolute atomic E-state index is 10.7. The van der Waals surface area contributed by atoms with E-state index in [4.69, 9.17) is 4.42 Å². The van der Waals surface area contributed by atoms with Gasteiger partial charge in [-0.15, -0.1) is 0 Å². The van der Waals surface area contributed by atoms with Crippen LogP contribution in [0.4, 0.5) is 0 Å². The van der Waals surface area contributed by atoms with Crippen molar-refractivity contribution >= 4 is 5.91 Å². The molecule has 1 aromatic heterocycles. The summed E-state index contributed by atoms with van der Waals surface area (Å²) in [4.78, 5) is 10.7. The zero-order chi connectivity index (χ0) is 9.14. The molecule has 3 nitrogen and oxygen atoms in total. The third-order valence-electron chi connectivity index (χ3n) is 1.61. The van der Waals surface area contributed by atoms with Crippen LogP contribution in [0.25, 0.3) is 0 Å². The van der Waals surface area contributed by atoms with E-state index in [1.165, 1.54) is 6.92 Å². The molecule has 1 rings (SSSR count). The Kier molecular flexibility index (Phi) is 2.53. The number of hydrogen-bond donors (Lipinski definition) is 1. The summed E-state index contributed by atoms with van der Waals surface area (Å²) in [7, 11) is 0. The fraction of sp³-hybridized carbons (Fsp3) is 0.444. The summed E-state index contributed by atoms with van der Waals surface area (Å²) in [6, 6.07) is 3.71. The lowest BCUT2D eigenvalue weighted by molar-refractivity contribution is -0.119. The van der Waals surface area contributed by atoms with E-state index in [0.717, 1.165) is 11.5 Å². The fourth-order valence-corrected chi connectivity index (χ4v) is 1.06. The summed E-state index contributed by atoms with van der Waals surface area (Å²) in [5.74, 6) is 1.61. The van der Waals surface area contributed by atoms with Crippen LogP contribution >= 0.6 is 0 Å². The van der Waals surface area contributed by atoms with Gasteiger partial charge in [-0.25, -0.2) is 0 Å². The van der Waals surface area contributed by atoms with E-state index in [2.05, 4.69) is 5.32 Å². The van der Waals surface area contributed by atoms with E-state index in [1.54, 1.807) is 0 Å². The van der Waals surface area contributed by atoms with Crippen molar-refractivity contribution in [1.29, 1.82) is 0 Å². The molecule has 1 aromatic rings. The largest absolute Gasteiger partial charge is 0.464 e. The van der Waals surface area contributed by atoms with Crippen molar-refractivity contribution in [1.82, 2.24) is 5.32 Å². The van der Waals surface area contributed by atoms with Gasteiger partial charge in [0.1, 0.15) is 11.5 Å². The minimum Gasteiger partial charge on any atom is -0.464 e. The van der Waals surface area contributed by atoms with Crippen molar-refractivity contribution in [2.24, 2.45) is 0 Å². The van der Waals surface area contributed by atoms with Crippen LogP contribution in [-0.2, 0) is 4.79 Å². The van der Waals surface area contributed by atoms with Crippen molar-refractivity contribution < 1.29 is 9.21 Å². The lowest BCUT2D eigenvalue weighted by atomic mass is 10.2. The predicted molar refractivity (Wildman–Crippen MR) is 45.7 cm³/mol. The molecular formula is C9H13NO2. The van der Waals surface area contributed by atoms with Gasteiger partial charge in [0, 0.05) is 6.92 Å². The number of rotatable bonds is 2. The van der Waals surface area contributed by atoms with Gasteiger partial charge < -0.3 is 9.73 Å². The van der Waals surface area contributed by atoms with Gasteiger partial charge in [0.25, 0.3) is 0 Å². The first-order chi connectivity index (χ1) is 5.59. The Labute approximate surface area is 71.8 Å². The number of amides is 1. The van der Waals surface area contributed by atoms with E-state index in [1.807, 2.05) is 26.0 Å². The topological polar surface area (TPSA) is 42.2 Å². The van der Waals surface area contributed by atoms with Gasteiger partial charge in [-0.2, -0.15) is 0 Å². The van der Waals surface area contributed by atoms with Crippen LogP contribution in [0.3, 0.4) is 0 Å². The molecule has 1 N–H and O–H groups in total. The standard InChI is InChI=1S/C9H13NO2/c1-6-4-5-9(12-6)7(2)10-8(3)11/h4-5,7H,1-3H3,(H,10,11). The maximum Gasteiger partial charge on any atom is 0.217 e. The Bertz CT molecular complexity index is 278. The Balaban J connectivity index is 2.64. The third-order valence-corrected chi connectivity index (χ3v) is 1.61. The molecule has 0 aliphatic heterocycles. The molecule has 66 valence electrons. The zero-order valence-corrected chi connectivity index (χ0v) is 7.55. The first-order valence-corrected chi connectivity index (χ1v) is 3.93. The van der Waals surface area contributed by atoms with E-state index < -0.39 is 0 Å². The molecule has 0 aromatic carbocycles. The summed E-state index contributed by atoms with van der Waals surface area (Å²) in [6.45, 7) is 5.26. The van der Waals surface area contributed by atoms with E-state index in [0.29, 0.717) is 0 Å². The molecular weight excluding hydrogens is 154 g/mol. The highest BCUT2D eigenvalue weighted by Gasteiger charge is 2.09. The van der Waals surface area contributed by atoms with E-state index >= 15 is 0 Å². The first kappa shape index (κ1) is 8.84. The molecule has 0 aliphatic carbocycles. The number of hydrogen-bond acceptors (Lipinski definition) is 2. The summed E-state index contributed by atoms with van der Waals surface area (Å²) in [6.07, 6.45) is 0. The van der Waals surface area contributed by atoms with Crippen molar-refractivity contribution in [3.63, 3.8) is 0 Å². The number of furan rings is 1. The minimum absolute atomic E-state index is 0.0449. The van der Waals surface area contributed by atoms with E-state index in [9.17, 15) is 4.79 Å². The lowest BCUT2D eigenvalue weighted by Crippen LogP contribution is -2.23. The van der Waals surface area contributed by atoms with Crippen LogP contribution in [0.15, 0.2) is 16.5 Å². The van der Waals surface area contributed by atoms with Crippen molar-refractivity contribution in [2.75, 3.05) is 0 Å². The maximum atomic E-state index is 10.7. The van der Waals surface area contributed by atoms with Gasteiger partial charge in [0.15, 0.2) is 0 Å². The van der Waals surface area contributed by atoms with Gasteiger partial charge in [-0.1, -0.05) is 0 Å². The molecule has 0 saturated carbocycles. The van der Waals surface area contributed by atoms with E-state index in [-0.39, 0.29) is 11.9 Å². The highest BCUT2D eigenvalue weighted by atomic mass is 16.3. The molecule has 12 heavy (non-hydrogen) atoms. The van der Waals surface area contributed by atoms with Gasteiger partial charge >= 0.3 is 0 Å². The third kappa shape index (κ3) is 2.12. The van der Waals surface area contributed by atoms with Crippen LogP contribution in [0, 0.1) is 6.92 Å². The molecule has 0 aliphatic rings. The van der Waals surface area contributed by atoms with Crippen LogP contribution in [-0.4, -0.2) is 5.91 Å². The van der Waals surface area contributed by atoms with Crippen molar-refractivity contribution in [3.05, 3.63) is 23.7 Å². The minimum atomic E-state index is -0.0452. The number of carbonyl (C=O) groups is 1. The molecule has 1 atom stereocenters. The van der Waals surface area contributed by atoms with Crippen molar-refractivity contribution in [3.8, 4) is 0 Å². The Morgan fingerprint density at radius 1 is 1.58 bits per heavy atom. The van der Waals surface area contributed by atoms with Crippen LogP contribution in [0.1, 0.15) is 31.4 Å². The van der Waals surface area contributed by atoms with Crippen LogP contribution in [0.5, 0.6) is 0 Å². The molecule has 3 heteroatoms. The smallest absolute Gasteiger partial charge is 0.217 e. The summed E-state index contributed by atoms with van der Waals surface area (Å²) in [5.41, 5.74) is 0. The van der Waals surface area contributed by atoms with Crippen LogP contribution in [0.2, 0.25) is 0 Å². The number of aryl methyl sites for hydroxylation is 1. The highest BCUT2D eigenvalue weighted by Crippen LogP contribution is 2.14. The Hall–Kier alpha value is -1.25. The fourth-order valence-electron chi connectivity index (χ4n) is 1.06. The molecule has 0 saturated heterocycles. The molecule has 1 unspecified atom stereocenters. The lowest BCUT2D eigenvalue weighted by Gasteiger charge is -2.08. The average molecular weight is 167 g/mol. The predicted octanol–water partition coefficient (Wildman–Crippen LogP) is 1.79. The van der Waals surface area contributed by atoms with Crippen molar-refractivity contribution in [2.45, 2.75) is 26.8 Å². The van der Waals surface area contributed by atoms with Gasteiger partial charge in [0.05, 0.1) is 6.04 Å². The number of nitrogens with one attached hydrogen (secondary N) is 1. The molecule has 1 heterocycles. The summed E-state index contributed by atoms with van der Waals surface area (Å²) < 4.78 is 5.33. The second kappa shape index (κ2) is 3.43. The Morgan fingerprint density at radius 3 is 2.67 bits per heavy atom. The zero-order valence-electron chi connectivity index (χ0n) is 7.55. The van der Waals surface area contributed by atoms with Gasteiger partial charge in [0.2, 0.25) is 5.91 Å². The second-order valence-corrected chi connectivity index (χ2v) is 2.87. The molecule has 1 amide bonds. The van der Waals surface area contributed by atoms with Gasteiger partial charge in [-0.3, -0.25) is 4.79 Å². The van der Waals surface area contributed by atoms with Crippen LogP contribution < -0.4 is 5.32 Å². The summed E-state index contributed by atoms with van der Waals surface area (Å²) in [5, 5.41) is 2.74.